The molecule has 1 fully saturated rings. The van der Waals surface area contributed by atoms with Crippen LogP contribution < -0.4 is 5.32 Å². The molecule has 1 amide bonds. The molecule has 0 aromatic heterocycles. The van der Waals surface area contributed by atoms with Crippen molar-refractivity contribution >= 4 is 43.5 Å². The molecular formula is C20H21BrN2O6S. The van der Waals surface area contributed by atoms with Crippen LogP contribution in [-0.4, -0.2) is 57.5 Å². The molecule has 1 aliphatic heterocycles. The molecule has 0 atom stereocenters. The zero-order valence-electron chi connectivity index (χ0n) is 16.3. The van der Waals surface area contributed by atoms with Crippen molar-refractivity contribution in [1.29, 1.82) is 0 Å². The number of esters is 1. The quantitative estimate of drug-likeness (QED) is 0.616. The fraction of sp³-hybridized carbons (Fsp3) is 0.300. The number of sulfonamides is 1. The van der Waals surface area contributed by atoms with E-state index in [1.165, 1.54) is 10.4 Å². The molecule has 8 nitrogen and oxygen atoms in total. The first kappa shape index (κ1) is 22.4. The van der Waals surface area contributed by atoms with E-state index in [-0.39, 0.29) is 18.0 Å². The molecule has 1 heterocycles. The summed E-state index contributed by atoms with van der Waals surface area (Å²) >= 11 is 3.25. The van der Waals surface area contributed by atoms with E-state index < -0.39 is 28.5 Å². The minimum Gasteiger partial charge on any atom is -0.452 e. The maximum Gasteiger partial charge on any atom is 0.339 e. The maximum absolute atomic E-state index is 12.9. The molecule has 0 saturated carbocycles. The number of nitrogens with one attached hydrogen (secondary N) is 1. The van der Waals surface area contributed by atoms with Crippen molar-refractivity contribution in [1.82, 2.24) is 4.31 Å². The molecule has 2 aromatic rings. The van der Waals surface area contributed by atoms with Crippen molar-refractivity contribution in [3.63, 3.8) is 0 Å². The van der Waals surface area contributed by atoms with Crippen LogP contribution >= 0.6 is 15.9 Å². The Morgan fingerprint density at radius 2 is 1.87 bits per heavy atom. The summed E-state index contributed by atoms with van der Waals surface area (Å²) in [6.07, 6.45) is 0. The van der Waals surface area contributed by atoms with E-state index in [9.17, 15) is 18.0 Å². The molecule has 1 aliphatic rings. The summed E-state index contributed by atoms with van der Waals surface area (Å²) in [5, 5.41) is 2.57. The molecule has 10 heteroatoms. The summed E-state index contributed by atoms with van der Waals surface area (Å²) < 4.78 is 38.0. The Morgan fingerprint density at radius 3 is 2.57 bits per heavy atom. The fourth-order valence-corrected chi connectivity index (χ4v) is 5.02. The van der Waals surface area contributed by atoms with E-state index in [1.54, 1.807) is 43.3 Å². The van der Waals surface area contributed by atoms with Gasteiger partial charge in [0.25, 0.3) is 5.91 Å². The monoisotopic (exact) mass is 496 g/mol. The van der Waals surface area contributed by atoms with Gasteiger partial charge in [0.15, 0.2) is 6.61 Å². The highest BCUT2D eigenvalue weighted by atomic mass is 79.9. The number of aryl methyl sites for hydroxylation is 1. The number of hydrogen-bond donors (Lipinski definition) is 1. The van der Waals surface area contributed by atoms with Crippen LogP contribution in [0.25, 0.3) is 0 Å². The molecule has 160 valence electrons. The first-order chi connectivity index (χ1) is 14.3. The van der Waals surface area contributed by atoms with Crippen molar-refractivity contribution in [3.8, 4) is 0 Å². The number of morpholine rings is 1. The number of amides is 1. The van der Waals surface area contributed by atoms with Gasteiger partial charge >= 0.3 is 5.97 Å². The minimum atomic E-state index is -3.71. The number of carbonyl (C=O) groups excluding carboxylic acids is 2. The maximum atomic E-state index is 12.9. The van der Waals surface area contributed by atoms with E-state index in [2.05, 4.69) is 21.2 Å². The van der Waals surface area contributed by atoms with Crippen molar-refractivity contribution in [2.45, 2.75) is 11.8 Å². The van der Waals surface area contributed by atoms with Gasteiger partial charge in [-0.25, -0.2) is 13.2 Å². The SMILES string of the molecule is Cc1ccc(NC(=O)COC(=O)c2ccccc2Br)cc1S(=O)(=O)N1CCOCC1. The summed E-state index contributed by atoms with van der Waals surface area (Å²) in [7, 11) is -3.71. The number of anilines is 1. The van der Waals surface area contributed by atoms with Gasteiger partial charge in [0.2, 0.25) is 10.0 Å². The van der Waals surface area contributed by atoms with Crippen molar-refractivity contribution < 1.29 is 27.5 Å². The van der Waals surface area contributed by atoms with Crippen molar-refractivity contribution in [2.24, 2.45) is 0 Å². The summed E-state index contributed by atoms with van der Waals surface area (Å²) in [4.78, 5) is 24.4. The largest absolute Gasteiger partial charge is 0.452 e. The normalized spacial score (nSPS) is 14.9. The van der Waals surface area contributed by atoms with Gasteiger partial charge in [-0.2, -0.15) is 4.31 Å². The Hall–Kier alpha value is -2.27. The molecule has 2 aromatic carbocycles. The predicted molar refractivity (Wildman–Crippen MR) is 114 cm³/mol. The second-order valence-electron chi connectivity index (χ2n) is 6.60. The molecule has 0 unspecified atom stereocenters. The lowest BCUT2D eigenvalue weighted by Gasteiger charge is -2.26. The van der Waals surface area contributed by atoms with E-state index in [4.69, 9.17) is 9.47 Å². The first-order valence-corrected chi connectivity index (χ1v) is 11.4. The third-order valence-corrected chi connectivity index (χ3v) is 7.22. The smallest absolute Gasteiger partial charge is 0.339 e. The number of nitrogens with zero attached hydrogens (tertiary/aromatic N) is 1. The molecule has 30 heavy (non-hydrogen) atoms. The van der Waals surface area contributed by atoms with Crippen LogP contribution in [0.2, 0.25) is 0 Å². The number of halogens is 1. The summed E-state index contributed by atoms with van der Waals surface area (Å²) in [5.74, 6) is -1.22. The molecule has 3 rings (SSSR count). The summed E-state index contributed by atoms with van der Waals surface area (Å²) in [6, 6.07) is 11.3. The van der Waals surface area contributed by atoms with Crippen molar-refractivity contribution in [2.75, 3.05) is 38.2 Å². The number of carbonyl (C=O) groups is 2. The third kappa shape index (κ3) is 5.25. The van der Waals surface area contributed by atoms with Crippen LogP contribution in [0.15, 0.2) is 51.8 Å². The highest BCUT2D eigenvalue weighted by Gasteiger charge is 2.28. The van der Waals surface area contributed by atoms with Gasteiger partial charge in [-0.15, -0.1) is 0 Å². The number of benzene rings is 2. The lowest BCUT2D eigenvalue weighted by atomic mass is 10.2. The predicted octanol–water partition coefficient (Wildman–Crippen LogP) is 2.57. The molecule has 1 N–H and O–H groups in total. The molecule has 0 spiro atoms. The van der Waals surface area contributed by atoms with Crippen molar-refractivity contribution in [3.05, 3.63) is 58.1 Å². The Kier molecular flexibility index (Phi) is 7.24. The minimum absolute atomic E-state index is 0.118. The van der Waals surface area contributed by atoms with Crippen LogP contribution in [0, 0.1) is 6.92 Å². The second kappa shape index (κ2) is 9.69. The zero-order valence-corrected chi connectivity index (χ0v) is 18.7. The van der Waals surface area contributed by atoms with Crippen LogP contribution in [0.1, 0.15) is 15.9 Å². The van der Waals surface area contributed by atoms with Gasteiger partial charge in [0.05, 0.1) is 23.7 Å². The van der Waals surface area contributed by atoms with E-state index >= 15 is 0 Å². The molecule has 0 radical (unpaired) electrons. The second-order valence-corrected chi connectivity index (χ2v) is 9.36. The first-order valence-electron chi connectivity index (χ1n) is 9.19. The molecule has 0 aliphatic carbocycles. The average molecular weight is 497 g/mol. The average Bonchev–Trinajstić information content (AvgIpc) is 2.74. The molecule has 1 saturated heterocycles. The Morgan fingerprint density at radius 1 is 1.17 bits per heavy atom. The standard InChI is InChI=1S/C20H21BrN2O6S/c1-14-6-7-15(12-18(14)30(26,27)23-8-10-28-11-9-23)22-19(24)13-29-20(25)16-4-2-3-5-17(16)21/h2-7,12H,8-11,13H2,1H3,(H,22,24). The lowest BCUT2D eigenvalue weighted by Crippen LogP contribution is -2.40. The van der Waals surface area contributed by atoms with Gasteiger partial charge in [0, 0.05) is 23.2 Å². The summed E-state index contributed by atoms with van der Waals surface area (Å²) in [6.45, 7) is 2.44. The van der Waals surface area contributed by atoms with E-state index in [0.29, 0.717) is 34.5 Å². The zero-order chi connectivity index (χ0) is 21.7. The van der Waals surface area contributed by atoms with Gasteiger partial charge in [-0.05, 0) is 52.7 Å². The van der Waals surface area contributed by atoms with Crippen LogP contribution in [0.4, 0.5) is 5.69 Å². The number of hydrogen-bond acceptors (Lipinski definition) is 6. The fourth-order valence-electron chi connectivity index (χ4n) is 2.91. The Balaban J connectivity index is 1.67. The van der Waals surface area contributed by atoms with E-state index in [1.807, 2.05) is 0 Å². The summed E-state index contributed by atoms with van der Waals surface area (Å²) in [5.41, 5.74) is 1.17. The molecule has 0 bridgehead atoms. The third-order valence-electron chi connectivity index (χ3n) is 4.49. The Bertz CT molecular complexity index is 1050. The molecular weight excluding hydrogens is 476 g/mol. The van der Waals surface area contributed by atoms with Crippen LogP contribution in [-0.2, 0) is 24.3 Å². The highest BCUT2D eigenvalue weighted by molar-refractivity contribution is 9.10. The van der Waals surface area contributed by atoms with Gasteiger partial charge < -0.3 is 14.8 Å². The number of rotatable bonds is 6. The van der Waals surface area contributed by atoms with Gasteiger partial charge in [0.1, 0.15) is 0 Å². The Labute approximate surface area is 183 Å². The van der Waals surface area contributed by atoms with Crippen LogP contribution in [0.5, 0.6) is 0 Å². The van der Waals surface area contributed by atoms with Gasteiger partial charge in [-0.3, -0.25) is 4.79 Å². The topological polar surface area (TPSA) is 102 Å². The van der Waals surface area contributed by atoms with Gasteiger partial charge in [-0.1, -0.05) is 18.2 Å². The van der Waals surface area contributed by atoms with E-state index in [0.717, 1.165) is 0 Å². The lowest BCUT2D eigenvalue weighted by molar-refractivity contribution is -0.119. The highest BCUT2D eigenvalue weighted by Crippen LogP contribution is 2.24. The van der Waals surface area contributed by atoms with Crippen LogP contribution in [0.3, 0.4) is 0 Å². The number of ether oxygens (including phenoxy) is 2.